The summed E-state index contributed by atoms with van der Waals surface area (Å²) in [6.45, 7) is 14.0. The van der Waals surface area contributed by atoms with Crippen molar-refractivity contribution in [3.63, 3.8) is 0 Å². The highest BCUT2D eigenvalue weighted by Crippen LogP contribution is 2.50. The molecule has 2 aliphatic rings. The average molecular weight is 603 g/mol. The summed E-state index contributed by atoms with van der Waals surface area (Å²) in [5.41, 5.74) is 0.469. The first-order valence-corrected chi connectivity index (χ1v) is 15.0. The van der Waals surface area contributed by atoms with Gasteiger partial charge < -0.3 is 14.5 Å². The van der Waals surface area contributed by atoms with Crippen LogP contribution >= 0.6 is 11.8 Å². The molecule has 0 aliphatic carbocycles. The van der Waals surface area contributed by atoms with Crippen molar-refractivity contribution in [3.05, 3.63) is 64.6 Å². The summed E-state index contributed by atoms with van der Waals surface area (Å²) in [6.07, 6.45) is -3.40. The second kappa shape index (κ2) is 12.5. The van der Waals surface area contributed by atoms with E-state index in [0.717, 1.165) is 11.6 Å². The van der Waals surface area contributed by atoms with E-state index in [9.17, 15) is 22.8 Å². The Morgan fingerprint density at radius 3 is 2.43 bits per heavy atom. The van der Waals surface area contributed by atoms with E-state index in [2.05, 4.69) is 11.6 Å². The van der Waals surface area contributed by atoms with Gasteiger partial charge in [-0.25, -0.2) is 4.79 Å². The summed E-state index contributed by atoms with van der Waals surface area (Å²) in [5, 5.41) is 0.259. The Labute approximate surface area is 248 Å². The van der Waals surface area contributed by atoms with Crippen molar-refractivity contribution in [2.75, 3.05) is 37.5 Å². The molecule has 1 amide bonds. The lowest BCUT2D eigenvalue weighted by Crippen LogP contribution is -2.58. The average Bonchev–Trinajstić information content (AvgIpc) is 2.95. The number of aryl methyl sites for hydroxylation is 1. The Balaban J connectivity index is 0.00000198. The monoisotopic (exact) mass is 602 g/mol. The van der Waals surface area contributed by atoms with Gasteiger partial charge in [0.2, 0.25) is 5.91 Å². The number of rotatable bonds is 5. The fraction of sp³-hybridized carbons (Fsp3) is 0.452. The molecule has 1 fully saturated rings. The number of benzene rings is 2. The van der Waals surface area contributed by atoms with E-state index in [1.165, 1.54) is 29.5 Å². The van der Waals surface area contributed by atoms with Crippen LogP contribution < -0.4 is 10.6 Å². The van der Waals surface area contributed by atoms with E-state index in [4.69, 9.17) is 4.74 Å². The number of hydrogen-bond donors (Lipinski definition) is 0. The number of aromatic nitrogens is 2. The normalized spacial score (nSPS) is 20.3. The van der Waals surface area contributed by atoms with E-state index in [-0.39, 0.29) is 47.4 Å². The molecular weight excluding hydrogens is 565 g/mol. The molecule has 3 aromatic rings. The van der Waals surface area contributed by atoms with Crippen molar-refractivity contribution in [1.29, 1.82) is 0 Å². The van der Waals surface area contributed by atoms with E-state index in [1.54, 1.807) is 23.1 Å². The number of thioether (sulfide) groups is 1. The predicted octanol–water partition coefficient (Wildman–Crippen LogP) is 6.32. The van der Waals surface area contributed by atoms with Crippen molar-refractivity contribution >= 4 is 34.4 Å². The van der Waals surface area contributed by atoms with Gasteiger partial charge in [-0.15, -0.1) is 11.8 Å². The number of hydrogen-bond acceptors (Lipinski definition) is 6. The summed E-state index contributed by atoms with van der Waals surface area (Å²) in [7, 11) is 1.53. The molecule has 0 radical (unpaired) electrons. The van der Waals surface area contributed by atoms with Gasteiger partial charge in [0.15, 0.2) is 0 Å². The molecule has 5 rings (SSSR count). The number of alkyl halides is 3. The van der Waals surface area contributed by atoms with Crippen LogP contribution in [0.2, 0.25) is 0 Å². The maximum atomic E-state index is 14.8. The lowest BCUT2D eigenvalue weighted by molar-refractivity contribution is -0.137. The van der Waals surface area contributed by atoms with Crippen LogP contribution in [0, 0.1) is 6.92 Å². The molecule has 0 N–H and O–H groups in total. The van der Waals surface area contributed by atoms with Crippen molar-refractivity contribution in [2.45, 2.75) is 63.8 Å². The Kier molecular flexibility index (Phi) is 9.42. The standard InChI is InChI=1S/C29H31F3N4O3S.C2H6/c1-6-23(37)35-17(3)12-34(13-18(35)4)27-21-11-22(29(30,31)32)24(19-9-7-8-16(2)10-19)26-25(21)36(28(38)33-27)20(14-39-5)15-40-26;1-2/h6-11,17-18,20H,1,12-15H2,2-5H3;1-2H3. The maximum Gasteiger partial charge on any atom is 0.417 e. The molecule has 3 heterocycles. The van der Waals surface area contributed by atoms with Gasteiger partial charge in [0.05, 0.1) is 23.7 Å². The molecule has 7 nitrogen and oxygen atoms in total. The third-order valence-electron chi connectivity index (χ3n) is 7.55. The van der Waals surface area contributed by atoms with Crippen LogP contribution in [0.5, 0.6) is 0 Å². The largest absolute Gasteiger partial charge is 0.417 e. The summed E-state index contributed by atoms with van der Waals surface area (Å²) >= 11 is 1.31. The van der Waals surface area contributed by atoms with Crippen molar-refractivity contribution in [2.24, 2.45) is 0 Å². The zero-order valence-corrected chi connectivity index (χ0v) is 25.6. The second-order valence-corrected chi connectivity index (χ2v) is 11.5. The Bertz CT molecular complexity index is 1540. The first-order chi connectivity index (χ1) is 20.0. The van der Waals surface area contributed by atoms with Crippen LogP contribution in [-0.2, 0) is 15.7 Å². The van der Waals surface area contributed by atoms with Gasteiger partial charge in [0.1, 0.15) is 5.82 Å². The van der Waals surface area contributed by atoms with Crippen LogP contribution in [0.15, 0.2) is 52.7 Å². The number of piperazine rings is 1. The quantitative estimate of drug-likeness (QED) is 0.319. The molecular formula is C31H37F3N4O3S. The smallest absolute Gasteiger partial charge is 0.383 e. The molecule has 2 aromatic carbocycles. The topological polar surface area (TPSA) is 67.7 Å². The fourth-order valence-corrected chi connectivity index (χ4v) is 7.32. The third-order valence-corrected chi connectivity index (χ3v) is 8.79. The maximum absolute atomic E-state index is 14.8. The summed E-state index contributed by atoms with van der Waals surface area (Å²) in [5.74, 6) is 0.348. The number of carbonyl (C=O) groups excluding carboxylic acids is 1. The molecule has 2 aliphatic heterocycles. The molecule has 11 heteroatoms. The highest BCUT2D eigenvalue weighted by Gasteiger charge is 2.40. The number of anilines is 1. The van der Waals surface area contributed by atoms with Crippen molar-refractivity contribution < 1.29 is 22.7 Å². The van der Waals surface area contributed by atoms with Crippen LogP contribution in [-0.4, -0.2) is 65.0 Å². The first-order valence-electron chi connectivity index (χ1n) is 14.0. The van der Waals surface area contributed by atoms with Crippen LogP contribution in [0.3, 0.4) is 0 Å². The lowest BCUT2D eigenvalue weighted by atomic mass is 9.95. The highest BCUT2D eigenvalue weighted by molar-refractivity contribution is 7.99. The van der Waals surface area contributed by atoms with Crippen molar-refractivity contribution in [3.8, 4) is 11.1 Å². The van der Waals surface area contributed by atoms with Crippen LogP contribution in [0.1, 0.15) is 44.9 Å². The Hall–Kier alpha value is -3.31. The van der Waals surface area contributed by atoms with Gasteiger partial charge in [0, 0.05) is 53.9 Å². The van der Waals surface area contributed by atoms with Gasteiger partial charge in [-0.05, 0) is 38.5 Å². The minimum absolute atomic E-state index is 0.0676. The summed E-state index contributed by atoms with van der Waals surface area (Å²) in [4.78, 5) is 34.4. The molecule has 226 valence electrons. The Morgan fingerprint density at radius 2 is 1.86 bits per heavy atom. The van der Waals surface area contributed by atoms with E-state index >= 15 is 0 Å². The minimum atomic E-state index is -4.65. The number of carbonyl (C=O) groups is 1. The molecule has 3 unspecified atom stereocenters. The highest BCUT2D eigenvalue weighted by atomic mass is 32.2. The lowest BCUT2D eigenvalue weighted by Gasteiger charge is -2.45. The number of nitrogens with zero attached hydrogens (tertiary/aromatic N) is 4. The van der Waals surface area contributed by atoms with Crippen LogP contribution in [0.25, 0.3) is 22.0 Å². The molecule has 42 heavy (non-hydrogen) atoms. The second-order valence-electron chi connectivity index (χ2n) is 10.5. The van der Waals surface area contributed by atoms with Gasteiger partial charge >= 0.3 is 11.9 Å². The molecule has 0 saturated carbocycles. The predicted molar refractivity (Wildman–Crippen MR) is 162 cm³/mol. The van der Waals surface area contributed by atoms with Crippen LogP contribution in [0.4, 0.5) is 19.0 Å². The van der Waals surface area contributed by atoms with E-state index < -0.39 is 17.4 Å². The zero-order valence-electron chi connectivity index (χ0n) is 24.8. The number of methoxy groups -OCH3 is 1. The zero-order chi connectivity index (χ0) is 30.9. The minimum Gasteiger partial charge on any atom is -0.383 e. The van der Waals surface area contributed by atoms with E-state index in [1.807, 2.05) is 45.6 Å². The number of amides is 1. The fourth-order valence-electron chi connectivity index (χ4n) is 5.99. The molecule has 3 atom stereocenters. The SMILES string of the molecule is C=CC(=O)N1C(C)CN(c2nc(=O)n3c4c(c(-c5cccc(C)c5)c(C(F)(F)F)cc24)SCC3COC)CC1C.CC. The van der Waals surface area contributed by atoms with Gasteiger partial charge in [-0.1, -0.05) is 50.3 Å². The van der Waals surface area contributed by atoms with E-state index in [0.29, 0.717) is 34.8 Å². The molecule has 0 spiro atoms. The molecule has 1 saturated heterocycles. The molecule has 1 aromatic heterocycles. The third kappa shape index (κ3) is 5.68. The first kappa shape index (κ1) is 31.6. The summed E-state index contributed by atoms with van der Waals surface area (Å²) < 4.78 is 51.2. The van der Waals surface area contributed by atoms with Crippen molar-refractivity contribution in [1.82, 2.24) is 14.5 Å². The van der Waals surface area contributed by atoms with Gasteiger partial charge in [-0.3, -0.25) is 9.36 Å². The summed E-state index contributed by atoms with van der Waals surface area (Å²) in [6, 6.07) is 7.19. The van der Waals surface area contributed by atoms with Gasteiger partial charge in [0.25, 0.3) is 0 Å². The number of ether oxygens (including phenoxy) is 1. The number of halogens is 3. The Morgan fingerprint density at radius 1 is 1.19 bits per heavy atom. The van der Waals surface area contributed by atoms with Gasteiger partial charge in [-0.2, -0.15) is 18.2 Å². The molecule has 0 bridgehead atoms.